The Morgan fingerprint density at radius 2 is 2.36 bits per heavy atom. The molecule has 2 unspecified atom stereocenters. The summed E-state index contributed by atoms with van der Waals surface area (Å²) in [5.41, 5.74) is 2.28. The van der Waals surface area contributed by atoms with Gasteiger partial charge >= 0.3 is 6.03 Å². The summed E-state index contributed by atoms with van der Waals surface area (Å²) < 4.78 is 0. The molecule has 1 saturated carbocycles. The van der Waals surface area contributed by atoms with E-state index in [2.05, 4.69) is 22.6 Å². The molecule has 4 heteroatoms. The van der Waals surface area contributed by atoms with Gasteiger partial charge < -0.3 is 5.32 Å². The molecule has 0 saturated heterocycles. The Bertz CT molecular complexity index is 194. The van der Waals surface area contributed by atoms with Crippen molar-refractivity contribution in [1.29, 1.82) is 0 Å². The van der Waals surface area contributed by atoms with Crippen LogP contribution >= 0.6 is 0 Å². The number of carbonyl (C=O) groups excluding carboxylic acids is 1. The number of carbonyl (C=O) groups is 1. The van der Waals surface area contributed by atoms with Crippen molar-refractivity contribution in [3.8, 4) is 0 Å². The number of rotatable bonds is 3. The second kappa shape index (κ2) is 5.86. The number of urea groups is 1. The van der Waals surface area contributed by atoms with E-state index < -0.39 is 0 Å². The van der Waals surface area contributed by atoms with Crippen molar-refractivity contribution in [2.45, 2.75) is 45.1 Å². The maximum atomic E-state index is 11.2. The summed E-state index contributed by atoms with van der Waals surface area (Å²) in [5.74, 6) is 0.775. The van der Waals surface area contributed by atoms with Gasteiger partial charge in [0.2, 0.25) is 0 Å². The maximum Gasteiger partial charge on any atom is 0.338 e. The summed E-state index contributed by atoms with van der Waals surface area (Å²) in [6.07, 6.45) is 5.93. The molecular weight excluding hydrogens is 180 g/mol. The average molecular weight is 204 g/mol. The lowest BCUT2D eigenvalue weighted by Crippen LogP contribution is -2.43. The van der Waals surface area contributed by atoms with Gasteiger partial charge in [-0.3, -0.25) is 4.84 Å². The highest BCUT2D eigenvalue weighted by Gasteiger charge is 2.21. The molecule has 2 N–H and O–H groups in total. The van der Waals surface area contributed by atoms with Crippen molar-refractivity contribution in [3.05, 3.63) is 0 Å². The molecule has 0 aliphatic heterocycles. The third-order valence-corrected chi connectivity index (χ3v) is 2.89. The predicted molar refractivity (Wildman–Crippen MR) is 58.9 cm³/mol. The van der Waals surface area contributed by atoms with Crippen LogP contribution in [-0.2, 0) is 4.84 Å². The van der Waals surface area contributed by atoms with Gasteiger partial charge in [0.05, 0.1) is 7.11 Å². The Morgan fingerprint density at radius 3 is 3.00 bits per heavy atom. The Hall–Kier alpha value is -0.770. The third kappa shape index (κ3) is 3.54. The fraction of sp³-hybridized carbons (Fsp3) is 0.900. The highest BCUT2D eigenvalue weighted by molar-refractivity contribution is 5.72. The molecule has 0 spiro atoms. The lowest BCUT2D eigenvalue weighted by Gasteiger charge is -2.28. The molecule has 0 aromatic rings. The van der Waals surface area contributed by atoms with E-state index in [4.69, 9.17) is 0 Å². The lowest BCUT2D eigenvalue weighted by atomic mass is 9.84. The number of hydrogen-bond donors (Lipinski definition) is 2. The zero-order valence-electron chi connectivity index (χ0n) is 9.01. The molecule has 4 nitrogen and oxygen atoms in total. The van der Waals surface area contributed by atoms with Crippen molar-refractivity contribution >= 4 is 6.03 Å². The first-order valence-corrected chi connectivity index (χ1v) is 5.35. The third-order valence-electron chi connectivity index (χ3n) is 2.89. The van der Waals surface area contributed by atoms with Crippen LogP contribution in [0.5, 0.6) is 0 Å². The van der Waals surface area contributed by atoms with E-state index in [-0.39, 0.29) is 8.88 Å². The maximum absolute atomic E-state index is 11.2. The molecule has 14 heavy (non-hydrogen) atoms. The summed E-state index contributed by atoms with van der Waals surface area (Å²) in [4.78, 5) is 15.7. The van der Waals surface area contributed by atoms with E-state index in [0.29, 0.717) is 6.04 Å². The van der Waals surface area contributed by atoms with Gasteiger partial charge in [0, 0.05) is 8.90 Å². The number of hydroxylamine groups is 1. The summed E-state index contributed by atoms with van der Waals surface area (Å²) in [6.45, 7) is 2.21. The smallest absolute Gasteiger partial charge is 0.334 e. The molecule has 1 fully saturated rings. The van der Waals surface area contributed by atoms with E-state index in [1.807, 2.05) is 0 Å². The van der Waals surface area contributed by atoms with Gasteiger partial charge in [-0.2, -0.15) is 0 Å². The Kier molecular flexibility index (Phi) is 4.73. The Balaban J connectivity index is 0. The Morgan fingerprint density at radius 1 is 1.57 bits per heavy atom. The highest BCUT2D eigenvalue weighted by Crippen LogP contribution is 2.26. The zero-order chi connectivity index (χ0) is 10.4. The van der Waals surface area contributed by atoms with E-state index in [0.717, 1.165) is 18.8 Å². The van der Waals surface area contributed by atoms with Crippen molar-refractivity contribution in [3.63, 3.8) is 0 Å². The minimum Gasteiger partial charge on any atom is -0.334 e. The molecule has 0 heterocycles. The van der Waals surface area contributed by atoms with Crippen molar-refractivity contribution in [1.82, 2.24) is 10.8 Å². The summed E-state index contributed by atoms with van der Waals surface area (Å²) >= 11 is 0. The minimum atomic E-state index is -0.228. The highest BCUT2D eigenvalue weighted by atomic mass is 16.6. The van der Waals surface area contributed by atoms with E-state index in [9.17, 15) is 4.79 Å². The second-order valence-electron chi connectivity index (χ2n) is 3.92. The van der Waals surface area contributed by atoms with E-state index >= 15 is 0 Å². The van der Waals surface area contributed by atoms with Crippen molar-refractivity contribution < 1.29 is 12.5 Å². The predicted octanol–water partition coefficient (Wildman–Crippen LogP) is 2.31. The van der Waals surface area contributed by atoms with Crippen LogP contribution in [0.4, 0.5) is 4.79 Å². The number of amides is 2. The molecule has 2 amide bonds. The van der Waals surface area contributed by atoms with E-state index in [1.54, 1.807) is 0 Å². The fourth-order valence-corrected chi connectivity index (χ4v) is 2.10. The molecular formula is C10H24N2O2. The molecule has 0 bridgehead atoms. The molecule has 1 aliphatic rings. The van der Waals surface area contributed by atoms with Crippen molar-refractivity contribution in [2.24, 2.45) is 5.92 Å². The van der Waals surface area contributed by atoms with E-state index in [1.165, 1.54) is 26.4 Å². The van der Waals surface area contributed by atoms with Gasteiger partial charge in [-0.05, 0) is 18.8 Å². The van der Waals surface area contributed by atoms with Gasteiger partial charge in [0.1, 0.15) is 0 Å². The van der Waals surface area contributed by atoms with Gasteiger partial charge in [0.15, 0.2) is 0 Å². The SMILES string of the molecule is CCC1CCCC(NC(=O)NOC)C1.[HH].[HH]. The standard InChI is InChI=1S/C10H20N2O2.2H2/c1-3-8-5-4-6-9(7-8)11-10(13)12-14-2;;/h8-9H,3-7H2,1-2H3,(H2,11,12,13);2*1H. The fourth-order valence-electron chi connectivity index (χ4n) is 2.10. The summed E-state index contributed by atoms with van der Waals surface area (Å²) in [7, 11) is 1.44. The second-order valence-corrected chi connectivity index (χ2v) is 3.92. The Labute approximate surface area is 88.3 Å². The minimum absolute atomic E-state index is 0. The summed E-state index contributed by atoms with van der Waals surface area (Å²) in [5, 5.41) is 2.91. The van der Waals surface area contributed by atoms with Gasteiger partial charge in [-0.15, -0.1) is 0 Å². The lowest BCUT2D eigenvalue weighted by molar-refractivity contribution is 0.104. The molecule has 1 rings (SSSR count). The zero-order valence-corrected chi connectivity index (χ0v) is 9.01. The van der Waals surface area contributed by atoms with Crippen LogP contribution in [0.1, 0.15) is 41.9 Å². The van der Waals surface area contributed by atoms with Gasteiger partial charge in [-0.25, -0.2) is 10.3 Å². The number of hydrogen-bond acceptors (Lipinski definition) is 2. The molecule has 0 aromatic heterocycles. The normalized spacial score (nSPS) is 27.0. The van der Waals surface area contributed by atoms with Crippen molar-refractivity contribution in [2.75, 3.05) is 7.11 Å². The average Bonchev–Trinajstić information content (AvgIpc) is 2.18. The topological polar surface area (TPSA) is 50.4 Å². The first kappa shape index (κ1) is 11.3. The monoisotopic (exact) mass is 204 g/mol. The van der Waals surface area contributed by atoms with Crippen LogP contribution in [0.25, 0.3) is 0 Å². The van der Waals surface area contributed by atoms with Gasteiger partial charge in [-0.1, -0.05) is 26.2 Å². The van der Waals surface area contributed by atoms with Crippen LogP contribution < -0.4 is 10.8 Å². The molecule has 0 radical (unpaired) electrons. The quantitative estimate of drug-likeness (QED) is 0.693. The van der Waals surface area contributed by atoms with Gasteiger partial charge in [0.25, 0.3) is 0 Å². The van der Waals surface area contributed by atoms with Crippen LogP contribution in [0.3, 0.4) is 0 Å². The summed E-state index contributed by atoms with van der Waals surface area (Å²) in [6, 6.07) is 0.0955. The first-order valence-electron chi connectivity index (χ1n) is 5.35. The number of nitrogens with one attached hydrogen (secondary N) is 2. The molecule has 2 atom stereocenters. The first-order chi connectivity index (χ1) is 6.76. The van der Waals surface area contributed by atoms with Crippen LogP contribution in [0.2, 0.25) is 0 Å². The molecule has 0 aromatic carbocycles. The van der Waals surface area contributed by atoms with Crippen LogP contribution in [0.15, 0.2) is 0 Å². The van der Waals surface area contributed by atoms with Crippen LogP contribution in [-0.4, -0.2) is 19.2 Å². The van der Waals surface area contributed by atoms with Crippen LogP contribution in [0, 0.1) is 5.92 Å². The molecule has 1 aliphatic carbocycles. The largest absolute Gasteiger partial charge is 0.338 e. The molecule has 86 valence electrons.